The van der Waals surface area contributed by atoms with Gasteiger partial charge in [0.25, 0.3) is 5.56 Å². The molecule has 1 amide bonds. The number of anilines is 2. The number of piperazine rings is 1. The van der Waals surface area contributed by atoms with E-state index in [1.165, 1.54) is 23.6 Å². The Kier molecular flexibility index (Phi) is 6.57. The third-order valence-corrected chi connectivity index (χ3v) is 6.11. The van der Waals surface area contributed by atoms with E-state index < -0.39 is 0 Å². The molecule has 2 saturated heterocycles. The molecule has 4 rings (SSSR count). The number of carbonyl (C=O) groups is 1. The second-order valence-corrected chi connectivity index (χ2v) is 8.37. The summed E-state index contributed by atoms with van der Waals surface area (Å²) in [6.45, 7) is 4.82. The van der Waals surface area contributed by atoms with Crippen molar-refractivity contribution in [3.05, 3.63) is 51.8 Å². The molecule has 0 N–H and O–H groups in total. The van der Waals surface area contributed by atoms with Crippen molar-refractivity contribution in [1.82, 2.24) is 14.7 Å². The van der Waals surface area contributed by atoms with E-state index in [2.05, 4.69) is 21.0 Å². The molecule has 0 unspecified atom stereocenters. The Morgan fingerprint density at radius 3 is 2.30 bits per heavy atom. The second-order valence-electron chi connectivity index (χ2n) is 7.94. The van der Waals surface area contributed by atoms with Crippen LogP contribution in [0, 0.1) is 0 Å². The minimum Gasteiger partial charge on any atom is -0.368 e. The van der Waals surface area contributed by atoms with E-state index in [0.717, 1.165) is 68.6 Å². The van der Waals surface area contributed by atoms with E-state index in [0.29, 0.717) is 0 Å². The maximum atomic E-state index is 12.7. The minimum atomic E-state index is -0.237. The zero-order chi connectivity index (χ0) is 20.9. The van der Waals surface area contributed by atoms with E-state index in [4.69, 9.17) is 11.6 Å². The number of nitrogens with zero attached hydrogens (tertiary/aromatic N) is 5. The number of hydrogen-bond donors (Lipinski definition) is 0. The predicted octanol–water partition coefficient (Wildman–Crippen LogP) is 2.63. The predicted molar refractivity (Wildman–Crippen MR) is 119 cm³/mol. The first kappa shape index (κ1) is 20.7. The van der Waals surface area contributed by atoms with Gasteiger partial charge in [0.2, 0.25) is 5.91 Å². The third kappa shape index (κ3) is 4.95. The molecule has 2 aliphatic heterocycles. The number of hydrogen-bond acceptors (Lipinski definition) is 5. The molecular weight excluding hydrogens is 402 g/mol. The maximum absolute atomic E-state index is 12.7. The number of amides is 1. The molecule has 0 spiro atoms. The number of rotatable bonds is 4. The molecule has 0 atom stereocenters. The first-order valence-electron chi connectivity index (χ1n) is 10.7. The van der Waals surface area contributed by atoms with E-state index >= 15 is 0 Å². The lowest BCUT2D eigenvalue weighted by molar-refractivity contribution is -0.132. The highest BCUT2D eigenvalue weighted by atomic mass is 35.5. The number of halogens is 1. The van der Waals surface area contributed by atoms with Gasteiger partial charge in [-0.25, -0.2) is 4.68 Å². The van der Waals surface area contributed by atoms with Gasteiger partial charge in [-0.2, -0.15) is 5.10 Å². The van der Waals surface area contributed by atoms with Gasteiger partial charge in [-0.05, 0) is 37.1 Å². The molecule has 30 heavy (non-hydrogen) atoms. The summed E-state index contributed by atoms with van der Waals surface area (Å²) in [5.74, 6) is 0.721. The quantitative estimate of drug-likeness (QED) is 0.747. The molecule has 8 heteroatoms. The van der Waals surface area contributed by atoms with Crippen LogP contribution in [0.4, 0.5) is 11.5 Å². The monoisotopic (exact) mass is 429 g/mol. The van der Waals surface area contributed by atoms with Crippen LogP contribution in [0.2, 0.25) is 5.02 Å². The Morgan fingerprint density at radius 1 is 0.900 bits per heavy atom. The molecule has 0 aliphatic carbocycles. The molecule has 0 radical (unpaired) electrons. The molecule has 1 aromatic carbocycles. The SMILES string of the molecule is O=C(Cn1nc(N2CCN(c3cccc(Cl)c3)CC2)ccc1=O)N1CCCCCC1. The summed E-state index contributed by atoms with van der Waals surface area (Å²) in [5, 5.41) is 5.24. The van der Waals surface area contributed by atoms with Crippen LogP contribution in [0.3, 0.4) is 0 Å². The van der Waals surface area contributed by atoms with Crippen LogP contribution in [0.15, 0.2) is 41.2 Å². The fourth-order valence-corrected chi connectivity index (χ4v) is 4.32. The van der Waals surface area contributed by atoms with Crippen LogP contribution in [0.5, 0.6) is 0 Å². The first-order valence-corrected chi connectivity index (χ1v) is 11.1. The fraction of sp³-hybridized carbons (Fsp3) is 0.500. The molecule has 3 heterocycles. The number of likely N-dealkylation sites (tertiary alicyclic amines) is 1. The van der Waals surface area contributed by atoms with Gasteiger partial charge in [-0.1, -0.05) is 30.5 Å². The van der Waals surface area contributed by atoms with Crippen molar-refractivity contribution in [3.8, 4) is 0 Å². The summed E-state index contributed by atoms with van der Waals surface area (Å²) < 4.78 is 1.31. The standard InChI is InChI=1S/C22H28ClN5O2/c23-18-6-5-7-19(16-18)25-12-14-26(15-13-25)20-8-9-21(29)28(24-20)17-22(30)27-10-3-1-2-4-11-27/h5-9,16H,1-4,10-15,17H2. The molecule has 2 aromatic rings. The van der Waals surface area contributed by atoms with Gasteiger partial charge in [0.1, 0.15) is 12.4 Å². The lowest BCUT2D eigenvalue weighted by Crippen LogP contribution is -2.47. The fourth-order valence-electron chi connectivity index (χ4n) is 4.13. The second kappa shape index (κ2) is 9.51. The third-order valence-electron chi connectivity index (χ3n) is 5.87. The molecule has 160 valence electrons. The Morgan fingerprint density at radius 2 is 1.60 bits per heavy atom. The molecule has 0 bridgehead atoms. The molecule has 7 nitrogen and oxygen atoms in total. The van der Waals surface area contributed by atoms with E-state index in [9.17, 15) is 9.59 Å². The first-order chi connectivity index (χ1) is 14.6. The number of aromatic nitrogens is 2. The summed E-state index contributed by atoms with van der Waals surface area (Å²) in [6.07, 6.45) is 4.40. The van der Waals surface area contributed by atoms with Gasteiger partial charge in [-0.15, -0.1) is 0 Å². The Bertz CT molecular complexity index is 931. The van der Waals surface area contributed by atoms with Crippen molar-refractivity contribution >= 4 is 29.0 Å². The van der Waals surface area contributed by atoms with Gasteiger partial charge in [0.05, 0.1) is 0 Å². The van der Waals surface area contributed by atoms with Crippen molar-refractivity contribution in [2.45, 2.75) is 32.2 Å². The highest BCUT2D eigenvalue weighted by Gasteiger charge is 2.21. The smallest absolute Gasteiger partial charge is 0.267 e. The topological polar surface area (TPSA) is 61.7 Å². The summed E-state index contributed by atoms with van der Waals surface area (Å²) in [6, 6.07) is 11.1. The van der Waals surface area contributed by atoms with Crippen LogP contribution in [0.1, 0.15) is 25.7 Å². The van der Waals surface area contributed by atoms with Crippen LogP contribution in [0.25, 0.3) is 0 Å². The highest BCUT2D eigenvalue weighted by Crippen LogP contribution is 2.22. The Balaban J connectivity index is 1.41. The number of carbonyl (C=O) groups excluding carboxylic acids is 1. The highest BCUT2D eigenvalue weighted by molar-refractivity contribution is 6.30. The van der Waals surface area contributed by atoms with Crippen LogP contribution < -0.4 is 15.4 Å². The van der Waals surface area contributed by atoms with Gasteiger partial charge >= 0.3 is 0 Å². The van der Waals surface area contributed by atoms with E-state index in [1.54, 1.807) is 6.07 Å². The summed E-state index contributed by atoms with van der Waals surface area (Å²) in [5.41, 5.74) is 0.877. The molecule has 2 fully saturated rings. The molecular formula is C22H28ClN5O2. The summed E-state index contributed by atoms with van der Waals surface area (Å²) in [4.78, 5) is 31.3. The van der Waals surface area contributed by atoms with Crippen molar-refractivity contribution < 1.29 is 4.79 Å². The molecule has 0 saturated carbocycles. The maximum Gasteiger partial charge on any atom is 0.267 e. The lowest BCUT2D eigenvalue weighted by atomic mass is 10.2. The lowest BCUT2D eigenvalue weighted by Gasteiger charge is -2.36. The minimum absolute atomic E-state index is 0.00908. The molecule has 2 aliphatic rings. The number of benzene rings is 1. The van der Waals surface area contributed by atoms with Crippen LogP contribution >= 0.6 is 11.6 Å². The van der Waals surface area contributed by atoms with E-state index in [-0.39, 0.29) is 18.0 Å². The van der Waals surface area contributed by atoms with E-state index in [1.807, 2.05) is 23.1 Å². The van der Waals surface area contributed by atoms with Crippen LogP contribution in [-0.4, -0.2) is 59.9 Å². The normalized spacial score (nSPS) is 17.7. The zero-order valence-electron chi connectivity index (χ0n) is 17.2. The van der Waals surface area contributed by atoms with Crippen molar-refractivity contribution in [1.29, 1.82) is 0 Å². The van der Waals surface area contributed by atoms with Crippen molar-refractivity contribution in [2.24, 2.45) is 0 Å². The summed E-state index contributed by atoms with van der Waals surface area (Å²) in [7, 11) is 0. The van der Waals surface area contributed by atoms with Crippen molar-refractivity contribution in [3.63, 3.8) is 0 Å². The average molecular weight is 430 g/mol. The largest absolute Gasteiger partial charge is 0.368 e. The van der Waals surface area contributed by atoms with Gasteiger partial charge in [-0.3, -0.25) is 9.59 Å². The van der Waals surface area contributed by atoms with Crippen molar-refractivity contribution in [2.75, 3.05) is 49.1 Å². The van der Waals surface area contributed by atoms with Gasteiger partial charge < -0.3 is 14.7 Å². The van der Waals surface area contributed by atoms with Crippen LogP contribution in [-0.2, 0) is 11.3 Å². The van der Waals surface area contributed by atoms with Gasteiger partial charge in [0.15, 0.2) is 0 Å². The molecule has 1 aromatic heterocycles. The van der Waals surface area contributed by atoms with Gasteiger partial charge in [0, 0.05) is 56.0 Å². The Hall–Kier alpha value is -2.54. The average Bonchev–Trinajstić information content (AvgIpc) is 3.05. The zero-order valence-corrected chi connectivity index (χ0v) is 17.9. The summed E-state index contributed by atoms with van der Waals surface area (Å²) >= 11 is 6.12. The Labute approximate surface area is 181 Å².